The Labute approximate surface area is 137 Å². The molecule has 22 heavy (non-hydrogen) atoms. The summed E-state index contributed by atoms with van der Waals surface area (Å²) >= 11 is 11.7. The van der Waals surface area contributed by atoms with Gasteiger partial charge in [-0.05, 0) is 30.3 Å². The van der Waals surface area contributed by atoms with Crippen molar-refractivity contribution in [2.75, 3.05) is 13.2 Å². The number of hydrogen-bond donors (Lipinski definition) is 0. The van der Waals surface area contributed by atoms with E-state index in [-0.39, 0.29) is 15.7 Å². The van der Waals surface area contributed by atoms with E-state index in [4.69, 9.17) is 36.9 Å². The summed E-state index contributed by atoms with van der Waals surface area (Å²) < 4.78 is 40.4. The molecule has 1 aliphatic heterocycles. The van der Waals surface area contributed by atoms with Crippen LogP contribution in [0.15, 0.2) is 41.3 Å². The van der Waals surface area contributed by atoms with E-state index in [0.29, 0.717) is 29.7 Å². The van der Waals surface area contributed by atoms with Crippen LogP contribution in [0.25, 0.3) is 0 Å². The molecular weight excluding hydrogens is 351 g/mol. The lowest BCUT2D eigenvalue weighted by atomic mass is 10.3. The summed E-state index contributed by atoms with van der Waals surface area (Å²) in [5.74, 6) is 0.855. The van der Waals surface area contributed by atoms with Gasteiger partial charge in [-0.1, -0.05) is 23.2 Å². The van der Waals surface area contributed by atoms with Crippen molar-refractivity contribution < 1.29 is 22.1 Å². The second-order valence-corrected chi connectivity index (χ2v) is 6.81. The van der Waals surface area contributed by atoms with Gasteiger partial charge in [-0.25, -0.2) is 0 Å². The normalized spacial score (nSPS) is 13.7. The molecule has 0 bridgehead atoms. The van der Waals surface area contributed by atoms with E-state index in [0.717, 1.165) is 0 Å². The smallest absolute Gasteiger partial charge is 0.339 e. The Morgan fingerprint density at radius 1 is 0.955 bits per heavy atom. The largest absolute Gasteiger partial charge is 0.486 e. The molecule has 0 saturated heterocycles. The van der Waals surface area contributed by atoms with E-state index < -0.39 is 10.1 Å². The third-order valence-electron chi connectivity index (χ3n) is 2.90. The molecule has 2 aromatic rings. The Bertz CT molecular complexity index is 820. The van der Waals surface area contributed by atoms with Crippen molar-refractivity contribution in [1.82, 2.24) is 0 Å². The Morgan fingerprint density at radius 2 is 1.68 bits per heavy atom. The molecule has 0 spiro atoms. The molecule has 0 radical (unpaired) electrons. The van der Waals surface area contributed by atoms with Crippen LogP contribution >= 0.6 is 23.2 Å². The highest BCUT2D eigenvalue weighted by molar-refractivity contribution is 7.87. The quantitative estimate of drug-likeness (QED) is 0.783. The predicted molar refractivity (Wildman–Crippen MR) is 81.7 cm³/mol. The second kappa shape index (κ2) is 5.87. The first-order valence-electron chi connectivity index (χ1n) is 6.25. The van der Waals surface area contributed by atoms with Gasteiger partial charge in [0.15, 0.2) is 17.2 Å². The Hall–Kier alpha value is -1.63. The van der Waals surface area contributed by atoms with Gasteiger partial charge in [0.25, 0.3) is 0 Å². The van der Waals surface area contributed by atoms with E-state index in [1.807, 2.05) is 0 Å². The molecule has 0 fully saturated rings. The van der Waals surface area contributed by atoms with Crippen LogP contribution < -0.4 is 13.7 Å². The van der Waals surface area contributed by atoms with Crippen molar-refractivity contribution in [1.29, 1.82) is 0 Å². The molecule has 1 aliphatic rings. The van der Waals surface area contributed by atoms with Crippen LogP contribution in [0.2, 0.25) is 10.0 Å². The molecule has 1 heterocycles. The molecule has 2 aromatic carbocycles. The fraction of sp³-hybridized carbons (Fsp3) is 0.143. The number of rotatable bonds is 3. The van der Waals surface area contributed by atoms with Crippen molar-refractivity contribution >= 4 is 33.3 Å². The van der Waals surface area contributed by atoms with Crippen molar-refractivity contribution in [3.05, 3.63) is 46.4 Å². The van der Waals surface area contributed by atoms with Gasteiger partial charge >= 0.3 is 10.1 Å². The van der Waals surface area contributed by atoms with Crippen LogP contribution in [-0.4, -0.2) is 21.6 Å². The first-order chi connectivity index (χ1) is 10.5. The molecule has 0 saturated carbocycles. The van der Waals surface area contributed by atoms with Crippen LogP contribution in [-0.2, 0) is 10.1 Å². The fourth-order valence-electron chi connectivity index (χ4n) is 1.89. The Balaban J connectivity index is 1.92. The summed E-state index contributed by atoms with van der Waals surface area (Å²) in [6, 6.07) is 8.54. The van der Waals surface area contributed by atoms with Crippen LogP contribution in [0.1, 0.15) is 0 Å². The van der Waals surface area contributed by atoms with E-state index in [9.17, 15) is 8.42 Å². The zero-order valence-corrected chi connectivity index (χ0v) is 13.4. The number of benzene rings is 2. The summed E-state index contributed by atoms with van der Waals surface area (Å²) in [7, 11) is -4.05. The lowest BCUT2D eigenvalue weighted by molar-refractivity contribution is 0.171. The standard InChI is InChI=1S/C14H10Cl2O5S/c15-9-1-3-12(11(16)7-9)21-22(17,18)10-2-4-13-14(8-10)20-6-5-19-13/h1-4,7-8H,5-6H2. The van der Waals surface area contributed by atoms with Crippen LogP contribution in [0.3, 0.4) is 0 Å². The van der Waals surface area contributed by atoms with Gasteiger partial charge in [0.1, 0.15) is 18.1 Å². The molecule has 5 nitrogen and oxygen atoms in total. The van der Waals surface area contributed by atoms with Crippen LogP contribution in [0.4, 0.5) is 0 Å². The molecule has 0 unspecified atom stereocenters. The zero-order chi connectivity index (χ0) is 15.7. The van der Waals surface area contributed by atoms with Gasteiger partial charge in [-0.15, -0.1) is 0 Å². The van der Waals surface area contributed by atoms with Gasteiger partial charge in [0.2, 0.25) is 0 Å². The predicted octanol–water partition coefficient (Wildman–Crippen LogP) is 3.53. The number of ether oxygens (including phenoxy) is 2. The molecular formula is C14H10Cl2O5S. The SMILES string of the molecule is O=S(=O)(Oc1ccc(Cl)cc1Cl)c1ccc2c(c1)OCCO2. The summed E-state index contributed by atoms with van der Waals surface area (Å²) in [6.07, 6.45) is 0. The zero-order valence-electron chi connectivity index (χ0n) is 11.1. The maximum atomic E-state index is 12.3. The maximum Gasteiger partial charge on any atom is 0.339 e. The molecule has 116 valence electrons. The molecule has 0 atom stereocenters. The minimum absolute atomic E-state index is 0.000885. The van der Waals surface area contributed by atoms with Crippen molar-refractivity contribution in [3.63, 3.8) is 0 Å². The van der Waals surface area contributed by atoms with Gasteiger partial charge in [-0.2, -0.15) is 8.42 Å². The van der Waals surface area contributed by atoms with Gasteiger partial charge in [0, 0.05) is 11.1 Å². The molecule has 0 aromatic heterocycles. The third kappa shape index (κ3) is 3.09. The maximum absolute atomic E-state index is 12.3. The monoisotopic (exact) mass is 360 g/mol. The second-order valence-electron chi connectivity index (χ2n) is 4.42. The molecule has 0 amide bonds. The first kappa shape index (κ1) is 15.3. The average Bonchev–Trinajstić information content (AvgIpc) is 2.49. The third-order valence-corrected chi connectivity index (χ3v) is 4.66. The van der Waals surface area contributed by atoms with Gasteiger partial charge in [0.05, 0.1) is 5.02 Å². The van der Waals surface area contributed by atoms with Crippen LogP contribution in [0, 0.1) is 0 Å². The molecule has 3 rings (SSSR count). The highest BCUT2D eigenvalue weighted by atomic mass is 35.5. The summed E-state index contributed by atoms with van der Waals surface area (Å²) in [6.45, 7) is 0.788. The van der Waals surface area contributed by atoms with Crippen molar-refractivity contribution in [2.45, 2.75) is 4.90 Å². The Morgan fingerprint density at radius 3 is 2.41 bits per heavy atom. The molecule has 0 N–H and O–H groups in total. The fourth-order valence-corrected chi connectivity index (χ4v) is 3.35. The van der Waals surface area contributed by atoms with Crippen LogP contribution in [0.5, 0.6) is 17.2 Å². The lowest BCUT2D eigenvalue weighted by Crippen LogP contribution is -2.16. The highest BCUT2D eigenvalue weighted by Crippen LogP contribution is 2.34. The minimum atomic E-state index is -4.05. The highest BCUT2D eigenvalue weighted by Gasteiger charge is 2.22. The minimum Gasteiger partial charge on any atom is -0.486 e. The van der Waals surface area contributed by atoms with Crippen molar-refractivity contribution in [3.8, 4) is 17.2 Å². The molecule has 8 heteroatoms. The Kier molecular flexibility index (Phi) is 4.08. The molecule has 0 aliphatic carbocycles. The van der Waals surface area contributed by atoms with E-state index in [1.165, 1.54) is 36.4 Å². The van der Waals surface area contributed by atoms with Crippen molar-refractivity contribution in [2.24, 2.45) is 0 Å². The summed E-state index contributed by atoms with van der Waals surface area (Å²) in [4.78, 5) is -0.0530. The number of fused-ring (bicyclic) bond motifs is 1. The summed E-state index contributed by atoms with van der Waals surface area (Å²) in [5, 5.41) is 0.489. The number of halogens is 2. The topological polar surface area (TPSA) is 61.8 Å². The van der Waals surface area contributed by atoms with E-state index >= 15 is 0 Å². The number of hydrogen-bond acceptors (Lipinski definition) is 5. The van der Waals surface area contributed by atoms with Gasteiger partial charge < -0.3 is 13.7 Å². The summed E-state index contributed by atoms with van der Waals surface area (Å²) in [5.41, 5.74) is 0. The van der Waals surface area contributed by atoms with E-state index in [2.05, 4.69) is 0 Å². The average molecular weight is 361 g/mol. The van der Waals surface area contributed by atoms with E-state index in [1.54, 1.807) is 0 Å². The first-order valence-corrected chi connectivity index (χ1v) is 8.41. The van der Waals surface area contributed by atoms with Gasteiger partial charge in [-0.3, -0.25) is 0 Å². The lowest BCUT2D eigenvalue weighted by Gasteiger charge is -2.18.